The second-order valence-electron chi connectivity index (χ2n) is 4.24. The molecule has 0 aliphatic heterocycles. The van der Waals surface area contributed by atoms with Crippen LogP contribution in [-0.4, -0.2) is 12.8 Å². The van der Waals surface area contributed by atoms with Crippen LogP contribution in [0.3, 0.4) is 0 Å². The lowest BCUT2D eigenvalue weighted by molar-refractivity contribution is 0.513. The highest BCUT2D eigenvalue weighted by molar-refractivity contribution is 9.10. The van der Waals surface area contributed by atoms with Gasteiger partial charge in [-0.25, -0.2) is 8.78 Å². The number of hydrogen-bond acceptors (Lipinski definition) is 2. The second-order valence-corrected chi connectivity index (χ2v) is 6.25. The number of hydrogen-bond donors (Lipinski definition) is 1. The van der Waals surface area contributed by atoms with E-state index in [1.54, 1.807) is 18.8 Å². The van der Waals surface area contributed by atoms with E-state index in [2.05, 4.69) is 21.2 Å². The first-order valence-electron chi connectivity index (χ1n) is 6.11. The largest absolute Gasteiger partial charge is 0.312 e. The molecule has 2 aromatic carbocycles. The van der Waals surface area contributed by atoms with Gasteiger partial charge in [-0.05, 0) is 43.4 Å². The third-order valence-corrected chi connectivity index (χ3v) is 4.56. The zero-order valence-corrected chi connectivity index (χ0v) is 13.3. The Balaban J connectivity index is 2.11. The Morgan fingerprint density at radius 3 is 2.25 bits per heavy atom. The molecular formula is C15H14BrF2NS. The van der Waals surface area contributed by atoms with Crippen LogP contribution in [0.25, 0.3) is 0 Å². The minimum Gasteiger partial charge on any atom is -0.312 e. The van der Waals surface area contributed by atoms with Gasteiger partial charge in [0.05, 0.1) is 0 Å². The van der Waals surface area contributed by atoms with Crippen LogP contribution in [0.2, 0.25) is 0 Å². The Morgan fingerprint density at radius 1 is 1.10 bits per heavy atom. The molecule has 1 unspecified atom stereocenters. The van der Waals surface area contributed by atoms with Gasteiger partial charge in [-0.3, -0.25) is 0 Å². The molecule has 0 aliphatic carbocycles. The fraction of sp³-hybridized carbons (Fsp3) is 0.200. The molecule has 0 amide bonds. The number of thioether (sulfide) groups is 1. The van der Waals surface area contributed by atoms with Gasteiger partial charge in [0.1, 0.15) is 11.6 Å². The van der Waals surface area contributed by atoms with Gasteiger partial charge in [-0.2, -0.15) is 0 Å². The van der Waals surface area contributed by atoms with E-state index in [0.717, 1.165) is 9.37 Å². The first-order chi connectivity index (χ1) is 9.61. The summed E-state index contributed by atoms with van der Waals surface area (Å²) in [7, 11) is 1.71. The average Bonchev–Trinajstić information content (AvgIpc) is 2.44. The van der Waals surface area contributed by atoms with Crippen LogP contribution in [0.4, 0.5) is 8.78 Å². The van der Waals surface area contributed by atoms with E-state index >= 15 is 0 Å². The van der Waals surface area contributed by atoms with E-state index in [1.807, 2.05) is 24.3 Å². The summed E-state index contributed by atoms with van der Waals surface area (Å²) in [6.07, 6.45) is 0. The molecule has 20 heavy (non-hydrogen) atoms. The highest BCUT2D eigenvalue weighted by Gasteiger charge is 2.18. The zero-order chi connectivity index (χ0) is 14.5. The van der Waals surface area contributed by atoms with Crippen LogP contribution in [0.1, 0.15) is 11.6 Å². The normalized spacial score (nSPS) is 12.4. The van der Waals surface area contributed by atoms with Gasteiger partial charge in [0, 0.05) is 26.7 Å². The third kappa shape index (κ3) is 3.81. The summed E-state index contributed by atoms with van der Waals surface area (Å²) in [4.78, 5) is 1.06. The van der Waals surface area contributed by atoms with E-state index in [9.17, 15) is 8.78 Å². The quantitative estimate of drug-likeness (QED) is 0.772. The van der Waals surface area contributed by atoms with Gasteiger partial charge in [0.25, 0.3) is 0 Å². The summed E-state index contributed by atoms with van der Waals surface area (Å²) < 4.78 is 28.5. The molecule has 2 rings (SSSR count). The molecule has 106 valence electrons. The van der Waals surface area contributed by atoms with Crippen molar-refractivity contribution >= 4 is 27.7 Å². The molecule has 0 aromatic heterocycles. The number of nitrogens with one attached hydrogen (secondary N) is 1. The molecule has 0 spiro atoms. The minimum atomic E-state index is -0.513. The van der Waals surface area contributed by atoms with Crippen molar-refractivity contribution in [1.82, 2.24) is 5.32 Å². The van der Waals surface area contributed by atoms with Crippen molar-refractivity contribution in [3.8, 4) is 0 Å². The van der Waals surface area contributed by atoms with Crippen LogP contribution in [0.5, 0.6) is 0 Å². The van der Waals surface area contributed by atoms with Gasteiger partial charge in [-0.1, -0.05) is 22.0 Å². The number of benzene rings is 2. The Hall–Kier alpha value is -0.910. The van der Waals surface area contributed by atoms with Crippen molar-refractivity contribution in [2.24, 2.45) is 0 Å². The summed E-state index contributed by atoms with van der Waals surface area (Å²) in [6, 6.07) is 11.4. The van der Waals surface area contributed by atoms with Crippen molar-refractivity contribution < 1.29 is 8.78 Å². The minimum absolute atomic E-state index is 0.0969. The molecule has 2 aromatic rings. The van der Waals surface area contributed by atoms with Crippen molar-refractivity contribution in [3.63, 3.8) is 0 Å². The van der Waals surface area contributed by atoms with Gasteiger partial charge in [-0.15, -0.1) is 11.8 Å². The zero-order valence-electron chi connectivity index (χ0n) is 10.9. The predicted molar refractivity (Wildman–Crippen MR) is 83.0 cm³/mol. The van der Waals surface area contributed by atoms with Crippen molar-refractivity contribution in [2.45, 2.75) is 10.9 Å². The van der Waals surface area contributed by atoms with Crippen LogP contribution in [0, 0.1) is 11.6 Å². The van der Waals surface area contributed by atoms with Gasteiger partial charge in [0.2, 0.25) is 0 Å². The van der Waals surface area contributed by atoms with Gasteiger partial charge < -0.3 is 5.32 Å². The van der Waals surface area contributed by atoms with Crippen LogP contribution in [0.15, 0.2) is 51.8 Å². The standard InChI is InChI=1S/C15H14BrF2NS/c1-19-14(15-12(17)3-2-4-13(15)18)9-20-11-7-5-10(16)6-8-11/h2-8,14,19H,9H2,1H3. The van der Waals surface area contributed by atoms with E-state index in [4.69, 9.17) is 0 Å². The summed E-state index contributed by atoms with van der Waals surface area (Å²) in [5, 5.41) is 2.97. The molecular weight excluding hydrogens is 344 g/mol. The number of rotatable bonds is 5. The summed E-state index contributed by atoms with van der Waals surface area (Å²) >= 11 is 4.93. The van der Waals surface area contributed by atoms with Crippen molar-refractivity contribution in [3.05, 3.63) is 64.1 Å². The molecule has 0 bridgehead atoms. The van der Waals surface area contributed by atoms with E-state index < -0.39 is 11.6 Å². The average molecular weight is 358 g/mol. The highest BCUT2D eigenvalue weighted by Crippen LogP contribution is 2.28. The summed E-state index contributed by atoms with van der Waals surface area (Å²) in [6.45, 7) is 0. The van der Waals surface area contributed by atoms with Crippen LogP contribution < -0.4 is 5.32 Å². The van der Waals surface area contributed by atoms with E-state index in [0.29, 0.717) is 5.75 Å². The highest BCUT2D eigenvalue weighted by atomic mass is 79.9. The summed E-state index contributed by atoms with van der Waals surface area (Å²) in [5.74, 6) is -0.475. The van der Waals surface area contributed by atoms with Crippen LogP contribution in [-0.2, 0) is 0 Å². The monoisotopic (exact) mass is 357 g/mol. The summed E-state index contributed by atoms with van der Waals surface area (Å²) in [5.41, 5.74) is 0.0969. The lowest BCUT2D eigenvalue weighted by Gasteiger charge is -2.17. The van der Waals surface area contributed by atoms with E-state index in [1.165, 1.54) is 18.2 Å². The molecule has 0 aliphatic rings. The fourth-order valence-electron chi connectivity index (χ4n) is 1.86. The second kappa shape index (κ2) is 7.20. The Bertz CT molecular complexity index is 554. The predicted octanol–water partition coefficient (Wildman–Crippen LogP) is 4.78. The molecule has 0 saturated carbocycles. The number of halogens is 3. The van der Waals surface area contributed by atoms with Crippen molar-refractivity contribution in [2.75, 3.05) is 12.8 Å². The topological polar surface area (TPSA) is 12.0 Å². The Morgan fingerprint density at radius 2 is 1.70 bits per heavy atom. The third-order valence-electron chi connectivity index (χ3n) is 2.93. The molecule has 0 fully saturated rings. The Kier molecular flexibility index (Phi) is 5.57. The fourth-order valence-corrected chi connectivity index (χ4v) is 3.15. The molecule has 0 saturated heterocycles. The smallest absolute Gasteiger partial charge is 0.130 e. The molecule has 1 N–H and O–H groups in total. The lowest BCUT2D eigenvalue weighted by Crippen LogP contribution is -2.21. The lowest BCUT2D eigenvalue weighted by atomic mass is 10.1. The maximum Gasteiger partial charge on any atom is 0.130 e. The molecule has 1 nitrogen and oxygen atoms in total. The van der Waals surface area contributed by atoms with Crippen molar-refractivity contribution in [1.29, 1.82) is 0 Å². The SMILES string of the molecule is CNC(CSc1ccc(Br)cc1)c1c(F)cccc1F. The first kappa shape index (κ1) is 15.5. The molecule has 1 atom stereocenters. The first-order valence-corrected chi connectivity index (χ1v) is 7.89. The Labute approximate surface area is 129 Å². The van der Waals surface area contributed by atoms with E-state index in [-0.39, 0.29) is 11.6 Å². The maximum absolute atomic E-state index is 13.8. The van der Waals surface area contributed by atoms with Crippen LogP contribution >= 0.6 is 27.7 Å². The molecule has 5 heteroatoms. The molecule has 0 radical (unpaired) electrons. The molecule has 0 heterocycles. The maximum atomic E-state index is 13.8. The van der Waals surface area contributed by atoms with Gasteiger partial charge >= 0.3 is 0 Å². The van der Waals surface area contributed by atoms with Gasteiger partial charge in [0.15, 0.2) is 0 Å².